The summed E-state index contributed by atoms with van der Waals surface area (Å²) in [5.74, 6) is 1.46. The Balaban J connectivity index is 1.66. The van der Waals surface area contributed by atoms with Crippen molar-refractivity contribution >= 4 is 51.2 Å². The van der Waals surface area contributed by atoms with E-state index < -0.39 is 0 Å². The summed E-state index contributed by atoms with van der Waals surface area (Å²) in [7, 11) is 0. The van der Waals surface area contributed by atoms with Crippen LogP contribution in [0.15, 0.2) is 0 Å². The molecule has 0 spiro atoms. The zero-order valence-electron chi connectivity index (χ0n) is 11.2. The number of ether oxygens (including phenoxy) is 2. The van der Waals surface area contributed by atoms with E-state index in [-0.39, 0.29) is 11.6 Å². The number of halogens is 2. The Bertz CT molecular complexity index is 389. The fraction of sp³-hybridized carbons (Fsp3) is 0.929. The molecule has 4 bridgehead atoms. The second-order valence-electron chi connectivity index (χ2n) is 6.46. The quantitative estimate of drug-likeness (QED) is 0.262. The Labute approximate surface area is 141 Å². The molecule has 0 heterocycles. The van der Waals surface area contributed by atoms with Crippen LogP contribution in [0.4, 0.5) is 0 Å². The van der Waals surface area contributed by atoms with Crippen molar-refractivity contribution in [3.8, 4) is 0 Å². The summed E-state index contributed by atoms with van der Waals surface area (Å²) < 4.78 is 12.4. The third kappa shape index (κ3) is 2.80. The zero-order valence-corrected chi connectivity index (χ0v) is 15.5. The van der Waals surface area contributed by atoms with Crippen LogP contribution in [0, 0.1) is 11.8 Å². The second kappa shape index (κ2) is 5.26. The number of hydrogen-bond donors (Lipinski definition) is 0. The molecular formula is C14H20I2O3. The Morgan fingerprint density at radius 1 is 1.32 bits per heavy atom. The maximum Gasteiger partial charge on any atom is 0.302 e. The van der Waals surface area contributed by atoms with Crippen LogP contribution in [0.3, 0.4) is 0 Å². The number of alkyl halides is 2. The maximum atomic E-state index is 10.8. The first-order chi connectivity index (χ1) is 8.92. The molecule has 108 valence electrons. The molecule has 0 saturated heterocycles. The topological polar surface area (TPSA) is 35.5 Å². The third-order valence-electron chi connectivity index (χ3n) is 4.86. The van der Waals surface area contributed by atoms with Crippen molar-refractivity contribution in [1.82, 2.24) is 0 Å². The first-order valence-corrected chi connectivity index (χ1v) is 9.35. The van der Waals surface area contributed by atoms with E-state index in [0.29, 0.717) is 20.6 Å². The lowest BCUT2D eigenvalue weighted by atomic mass is 9.54. The normalized spacial score (nSPS) is 47.4. The number of carbonyl (C=O) groups is 1. The zero-order chi connectivity index (χ0) is 13.7. The van der Waals surface area contributed by atoms with Crippen molar-refractivity contribution in [2.75, 3.05) is 13.2 Å². The average molecular weight is 490 g/mol. The van der Waals surface area contributed by atoms with Gasteiger partial charge in [0.1, 0.15) is 6.61 Å². The molecule has 4 rings (SSSR count). The van der Waals surface area contributed by atoms with Gasteiger partial charge in [-0.3, -0.25) is 4.79 Å². The van der Waals surface area contributed by atoms with E-state index in [1.807, 2.05) is 0 Å². The predicted octanol–water partition coefficient (Wildman–Crippen LogP) is 3.51. The van der Waals surface area contributed by atoms with Gasteiger partial charge in [-0.05, 0) is 43.9 Å². The number of hydrogen-bond acceptors (Lipinski definition) is 3. The number of esters is 1. The fourth-order valence-electron chi connectivity index (χ4n) is 4.54. The molecule has 4 aliphatic rings. The van der Waals surface area contributed by atoms with Gasteiger partial charge in [0.2, 0.25) is 0 Å². The van der Waals surface area contributed by atoms with Crippen molar-refractivity contribution in [3.05, 3.63) is 0 Å². The second-order valence-corrected chi connectivity index (χ2v) is 10.1. The monoisotopic (exact) mass is 490 g/mol. The van der Waals surface area contributed by atoms with Gasteiger partial charge in [-0.15, -0.1) is 0 Å². The summed E-state index contributed by atoms with van der Waals surface area (Å²) in [4.78, 5) is 10.8. The fourth-order valence-corrected chi connectivity index (χ4v) is 7.58. The standard InChI is InChI=1S/C14H20I2O3/c1-9(17)18-2-3-19-14-6-10-4-11(12(14)15)7-13(16,5-10)8-14/h10-12H,2-8H2,1H3. The van der Waals surface area contributed by atoms with Gasteiger partial charge in [0.05, 0.1) is 12.2 Å². The Hall–Kier alpha value is 0.890. The van der Waals surface area contributed by atoms with E-state index in [4.69, 9.17) is 9.47 Å². The Kier molecular flexibility index (Phi) is 4.10. The average Bonchev–Trinajstić information content (AvgIpc) is 2.29. The van der Waals surface area contributed by atoms with Crippen LogP contribution in [-0.2, 0) is 14.3 Å². The highest BCUT2D eigenvalue weighted by Crippen LogP contribution is 2.63. The summed E-state index contributed by atoms with van der Waals surface area (Å²) in [5.41, 5.74) is 0.0476. The molecule has 3 nitrogen and oxygen atoms in total. The van der Waals surface area contributed by atoms with Crippen LogP contribution >= 0.6 is 45.2 Å². The van der Waals surface area contributed by atoms with Crippen molar-refractivity contribution in [3.63, 3.8) is 0 Å². The molecule has 0 amide bonds. The molecule has 4 saturated carbocycles. The van der Waals surface area contributed by atoms with Crippen LogP contribution in [0.5, 0.6) is 0 Å². The minimum Gasteiger partial charge on any atom is -0.463 e. The lowest BCUT2D eigenvalue weighted by Gasteiger charge is -2.62. The van der Waals surface area contributed by atoms with E-state index in [1.54, 1.807) is 0 Å². The Morgan fingerprint density at radius 3 is 2.79 bits per heavy atom. The van der Waals surface area contributed by atoms with Crippen LogP contribution in [-0.4, -0.2) is 32.1 Å². The predicted molar refractivity (Wildman–Crippen MR) is 89.9 cm³/mol. The van der Waals surface area contributed by atoms with Crippen LogP contribution in [0.1, 0.15) is 39.0 Å². The molecule has 0 aromatic heterocycles. The van der Waals surface area contributed by atoms with Gasteiger partial charge in [0.25, 0.3) is 0 Å². The molecule has 0 aliphatic heterocycles. The highest BCUT2D eigenvalue weighted by atomic mass is 127. The molecule has 19 heavy (non-hydrogen) atoms. The van der Waals surface area contributed by atoms with Gasteiger partial charge in [-0.2, -0.15) is 0 Å². The summed E-state index contributed by atoms with van der Waals surface area (Å²) >= 11 is 5.30. The van der Waals surface area contributed by atoms with Gasteiger partial charge in [-0.25, -0.2) is 0 Å². The van der Waals surface area contributed by atoms with Crippen molar-refractivity contribution in [1.29, 1.82) is 0 Å². The third-order valence-corrected chi connectivity index (χ3v) is 8.28. The summed E-state index contributed by atoms with van der Waals surface area (Å²) in [5, 5.41) is 0. The minimum absolute atomic E-state index is 0.0476. The van der Waals surface area contributed by atoms with E-state index in [2.05, 4.69) is 45.2 Å². The van der Waals surface area contributed by atoms with E-state index >= 15 is 0 Å². The molecule has 0 radical (unpaired) electrons. The van der Waals surface area contributed by atoms with Gasteiger partial charge < -0.3 is 9.47 Å². The first kappa shape index (κ1) is 14.8. The van der Waals surface area contributed by atoms with Gasteiger partial charge in [-0.1, -0.05) is 45.2 Å². The number of rotatable bonds is 4. The molecule has 4 fully saturated rings. The minimum atomic E-state index is -0.217. The molecule has 4 aliphatic carbocycles. The molecule has 0 N–H and O–H groups in total. The molecule has 5 heteroatoms. The highest BCUT2D eigenvalue weighted by molar-refractivity contribution is 14.1. The lowest BCUT2D eigenvalue weighted by molar-refractivity contribution is -0.159. The van der Waals surface area contributed by atoms with Crippen molar-refractivity contribution in [2.24, 2.45) is 11.8 Å². The summed E-state index contributed by atoms with van der Waals surface area (Å²) in [6.07, 6.45) is 6.53. The lowest BCUT2D eigenvalue weighted by Crippen LogP contribution is -2.64. The van der Waals surface area contributed by atoms with Gasteiger partial charge in [0, 0.05) is 14.3 Å². The van der Waals surface area contributed by atoms with E-state index in [1.165, 1.54) is 39.0 Å². The smallest absolute Gasteiger partial charge is 0.302 e. The van der Waals surface area contributed by atoms with Gasteiger partial charge in [0.15, 0.2) is 0 Å². The molecule has 5 atom stereocenters. The number of carbonyl (C=O) groups excluding carboxylic acids is 1. The van der Waals surface area contributed by atoms with E-state index in [0.717, 1.165) is 11.8 Å². The maximum absolute atomic E-state index is 10.8. The van der Waals surface area contributed by atoms with E-state index in [9.17, 15) is 4.79 Å². The van der Waals surface area contributed by atoms with Crippen LogP contribution in [0.2, 0.25) is 0 Å². The summed E-state index contributed by atoms with van der Waals surface area (Å²) in [6.45, 7) is 2.39. The SMILES string of the molecule is CC(=O)OCCOC12CC3CC(CC(I)(C3)C1)C2I. The Morgan fingerprint density at radius 2 is 2.11 bits per heavy atom. The van der Waals surface area contributed by atoms with Crippen LogP contribution < -0.4 is 0 Å². The largest absolute Gasteiger partial charge is 0.463 e. The molecule has 5 unspecified atom stereocenters. The first-order valence-electron chi connectivity index (χ1n) is 7.03. The van der Waals surface area contributed by atoms with Gasteiger partial charge >= 0.3 is 5.97 Å². The molecular weight excluding hydrogens is 470 g/mol. The molecule has 0 aromatic carbocycles. The summed E-state index contributed by atoms with van der Waals surface area (Å²) in [6, 6.07) is 0. The molecule has 0 aromatic rings. The van der Waals surface area contributed by atoms with Crippen LogP contribution in [0.25, 0.3) is 0 Å². The van der Waals surface area contributed by atoms with Crippen molar-refractivity contribution in [2.45, 2.75) is 52.0 Å². The van der Waals surface area contributed by atoms with Crippen molar-refractivity contribution < 1.29 is 14.3 Å². The highest BCUT2D eigenvalue weighted by Gasteiger charge is 2.61.